The second-order valence-corrected chi connectivity index (χ2v) is 7.02. The Bertz CT molecular complexity index is 1280. The van der Waals surface area contributed by atoms with Crippen LogP contribution < -0.4 is 0 Å². The van der Waals surface area contributed by atoms with E-state index in [2.05, 4.69) is 59.2 Å². The summed E-state index contributed by atoms with van der Waals surface area (Å²) in [7, 11) is 0. The van der Waals surface area contributed by atoms with Crippen LogP contribution in [0.3, 0.4) is 0 Å². The lowest BCUT2D eigenvalue weighted by atomic mass is 10.0. The Morgan fingerprint density at radius 1 is 0.607 bits per heavy atom. The first-order chi connectivity index (χ1) is 13.8. The maximum atomic E-state index is 12.9. The van der Waals surface area contributed by atoms with Crippen LogP contribution in [0.25, 0.3) is 21.8 Å². The number of para-hydroxylation sites is 1. The van der Waals surface area contributed by atoms with Gasteiger partial charge in [-0.05, 0) is 29.8 Å². The van der Waals surface area contributed by atoms with Gasteiger partial charge < -0.3 is 4.57 Å². The molecule has 0 saturated heterocycles. The molecule has 1 heterocycles. The molecular weight excluding hydrogens is 342 g/mol. The van der Waals surface area contributed by atoms with Crippen LogP contribution in [0.5, 0.6) is 0 Å². The van der Waals surface area contributed by atoms with Crippen LogP contribution in [0.15, 0.2) is 103 Å². The van der Waals surface area contributed by atoms with E-state index in [-0.39, 0.29) is 5.78 Å². The molecule has 2 nitrogen and oxygen atoms in total. The fourth-order valence-corrected chi connectivity index (χ4v) is 3.89. The molecule has 0 aliphatic carbocycles. The monoisotopic (exact) mass is 361 g/mol. The molecule has 5 rings (SSSR count). The van der Waals surface area contributed by atoms with Crippen molar-refractivity contribution in [2.24, 2.45) is 0 Å². The zero-order valence-electron chi connectivity index (χ0n) is 15.4. The first-order valence-corrected chi connectivity index (χ1v) is 9.46. The summed E-state index contributed by atoms with van der Waals surface area (Å²) in [4.78, 5) is 12.9. The number of benzene rings is 4. The minimum atomic E-state index is 0.0578. The van der Waals surface area contributed by atoms with Crippen LogP contribution in [-0.4, -0.2) is 10.4 Å². The second kappa shape index (κ2) is 6.82. The summed E-state index contributed by atoms with van der Waals surface area (Å²) < 4.78 is 2.33. The summed E-state index contributed by atoms with van der Waals surface area (Å²) in [5.41, 5.74) is 5.03. The van der Waals surface area contributed by atoms with Crippen LogP contribution in [0.4, 0.5) is 0 Å². The molecule has 134 valence electrons. The van der Waals surface area contributed by atoms with Crippen molar-refractivity contribution in [1.82, 2.24) is 4.57 Å². The highest BCUT2D eigenvalue weighted by atomic mass is 16.1. The topological polar surface area (TPSA) is 22.0 Å². The van der Waals surface area contributed by atoms with Crippen molar-refractivity contribution in [2.45, 2.75) is 6.54 Å². The number of carbonyl (C=O) groups excluding carboxylic acids is 1. The highest BCUT2D eigenvalue weighted by molar-refractivity contribution is 6.14. The SMILES string of the molecule is O=C(c1ccccc1)c1ccc2c(c1)c1ccccc1n2Cc1ccccc1. The van der Waals surface area contributed by atoms with Crippen LogP contribution in [-0.2, 0) is 6.54 Å². The highest BCUT2D eigenvalue weighted by Gasteiger charge is 2.14. The molecule has 2 heteroatoms. The van der Waals surface area contributed by atoms with E-state index in [9.17, 15) is 4.79 Å². The summed E-state index contributed by atoms with van der Waals surface area (Å²) in [5.74, 6) is 0.0578. The number of carbonyl (C=O) groups is 1. The largest absolute Gasteiger partial charge is 0.336 e. The van der Waals surface area contributed by atoms with Crippen LogP contribution in [0.2, 0.25) is 0 Å². The van der Waals surface area contributed by atoms with Crippen molar-refractivity contribution in [2.75, 3.05) is 0 Å². The molecule has 0 atom stereocenters. The van der Waals surface area contributed by atoms with Crippen molar-refractivity contribution < 1.29 is 4.79 Å². The summed E-state index contributed by atoms with van der Waals surface area (Å²) in [6.07, 6.45) is 0. The normalized spacial score (nSPS) is 11.1. The summed E-state index contributed by atoms with van der Waals surface area (Å²) >= 11 is 0. The lowest BCUT2D eigenvalue weighted by molar-refractivity contribution is 0.103. The molecule has 0 N–H and O–H groups in total. The number of aromatic nitrogens is 1. The Balaban J connectivity index is 1.68. The van der Waals surface area contributed by atoms with Crippen molar-refractivity contribution in [3.63, 3.8) is 0 Å². The molecule has 0 amide bonds. The van der Waals surface area contributed by atoms with Crippen LogP contribution in [0.1, 0.15) is 21.5 Å². The molecule has 0 saturated carbocycles. The minimum absolute atomic E-state index is 0.0578. The third-order valence-electron chi connectivity index (χ3n) is 5.25. The number of rotatable bonds is 4. The van der Waals surface area contributed by atoms with E-state index in [1.807, 2.05) is 48.5 Å². The molecule has 4 aromatic carbocycles. The van der Waals surface area contributed by atoms with Gasteiger partial charge in [0.25, 0.3) is 0 Å². The molecule has 28 heavy (non-hydrogen) atoms. The number of fused-ring (bicyclic) bond motifs is 3. The molecule has 0 spiro atoms. The highest BCUT2D eigenvalue weighted by Crippen LogP contribution is 2.31. The average Bonchev–Trinajstić information content (AvgIpc) is 3.08. The first-order valence-electron chi connectivity index (χ1n) is 9.46. The summed E-state index contributed by atoms with van der Waals surface area (Å²) in [5, 5.41) is 2.30. The predicted molar refractivity (Wildman–Crippen MR) is 115 cm³/mol. The number of hydrogen-bond donors (Lipinski definition) is 0. The van der Waals surface area contributed by atoms with Gasteiger partial charge in [-0.15, -0.1) is 0 Å². The molecule has 0 aliphatic heterocycles. The molecule has 5 aromatic rings. The first kappa shape index (κ1) is 16.5. The lowest BCUT2D eigenvalue weighted by Gasteiger charge is -2.08. The fraction of sp³-hybridized carbons (Fsp3) is 0.0385. The van der Waals surface area contributed by atoms with Crippen molar-refractivity contribution in [1.29, 1.82) is 0 Å². The number of ketones is 1. The van der Waals surface area contributed by atoms with Gasteiger partial charge in [-0.1, -0.05) is 78.9 Å². The van der Waals surface area contributed by atoms with Gasteiger partial charge in [0.2, 0.25) is 0 Å². The van der Waals surface area contributed by atoms with Gasteiger partial charge in [0, 0.05) is 39.5 Å². The van der Waals surface area contributed by atoms with Crippen molar-refractivity contribution >= 4 is 27.6 Å². The third kappa shape index (κ3) is 2.80. The quantitative estimate of drug-likeness (QED) is 0.356. The number of nitrogens with zero attached hydrogens (tertiary/aromatic N) is 1. The lowest BCUT2D eigenvalue weighted by Crippen LogP contribution is -2.02. The zero-order valence-corrected chi connectivity index (χ0v) is 15.4. The van der Waals surface area contributed by atoms with Gasteiger partial charge in [0.1, 0.15) is 0 Å². The van der Waals surface area contributed by atoms with Crippen LogP contribution in [0, 0.1) is 0 Å². The van der Waals surface area contributed by atoms with Gasteiger partial charge in [0.05, 0.1) is 0 Å². The third-order valence-corrected chi connectivity index (χ3v) is 5.25. The van der Waals surface area contributed by atoms with Gasteiger partial charge >= 0.3 is 0 Å². The van der Waals surface area contributed by atoms with E-state index in [0.717, 1.165) is 28.6 Å². The number of hydrogen-bond acceptors (Lipinski definition) is 1. The standard InChI is InChI=1S/C26H19NO/c28-26(20-11-5-2-6-12-20)21-15-16-25-23(17-21)22-13-7-8-14-24(22)27(25)18-19-9-3-1-4-10-19/h1-17H,18H2. The minimum Gasteiger partial charge on any atom is -0.336 e. The molecule has 0 aliphatic rings. The predicted octanol–water partition coefficient (Wildman–Crippen LogP) is 6.07. The van der Waals surface area contributed by atoms with E-state index in [4.69, 9.17) is 0 Å². The van der Waals surface area contributed by atoms with Gasteiger partial charge in [0.15, 0.2) is 5.78 Å². The summed E-state index contributed by atoms with van der Waals surface area (Å²) in [6.45, 7) is 0.802. The Morgan fingerprint density at radius 2 is 1.25 bits per heavy atom. The molecular formula is C26H19NO. The van der Waals surface area contributed by atoms with Gasteiger partial charge in [-0.2, -0.15) is 0 Å². The molecule has 0 unspecified atom stereocenters. The summed E-state index contributed by atoms with van der Waals surface area (Å²) in [6, 6.07) is 34.4. The molecule has 0 fully saturated rings. The van der Waals surface area contributed by atoms with E-state index in [1.165, 1.54) is 16.5 Å². The van der Waals surface area contributed by atoms with Gasteiger partial charge in [-0.25, -0.2) is 0 Å². The molecule has 0 bridgehead atoms. The molecule has 0 radical (unpaired) electrons. The maximum absolute atomic E-state index is 12.9. The molecule has 1 aromatic heterocycles. The smallest absolute Gasteiger partial charge is 0.193 e. The van der Waals surface area contributed by atoms with E-state index >= 15 is 0 Å². The zero-order chi connectivity index (χ0) is 18.9. The maximum Gasteiger partial charge on any atom is 0.193 e. The van der Waals surface area contributed by atoms with Gasteiger partial charge in [-0.3, -0.25) is 4.79 Å². The second-order valence-electron chi connectivity index (χ2n) is 7.02. The van der Waals surface area contributed by atoms with E-state index in [1.54, 1.807) is 0 Å². The van der Waals surface area contributed by atoms with Crippen molar-refractivity contribution in [3.05, 3.63) is 120 Å². The Hall–Kier alpha value is -3.65. The van der Waals surface area contributed by atoms with Crippen molar-refractivity contribution in [3.8, 4) is 0 Å². The average molecular weight is 361 g/mol. The van der Waals surface area contributed by atoms with E-state index < -0.39 is 0 Å². The Kier molecular flexibility index (Phi) is 4.02. The fourth-order valence-electron chi connectivity index (χ4n) is 3.89. The Labute approximate surface area is 163 Å². The van der Waals surface area contributed by atoms with Crippen LogP contribution >= 0.6 is 0 Å². The Morgan fingerprint density at radius 3 is 2.04 bits per heavy atom. The van der Waals surface area contributed by atoms with E-state index in [0.29, 0.717) is 0 Å².